The molecule has 1 aliphatic carbocycles. The molecule has 29 heavy (non-hydrogen) atoms. The van der Waals surface area contributed by atoms with Crippen molar-refractivity contribution in [2.45, 2.75) is 50.4 Å². The summed E-state index contributed by atoms with van der Waals surface area (Å²) >= 11 is 6.28. The number of fused-ring (bicyclic) bond motifs is 1. The third-order valence-electron chi connectivity index (χ3n) is 6.93. The van der Waals surface area contributed by atoms with Crippen LogP contribution in [-0.4, -0.2) is 67.0 Å². The summed E-state index contributed by atoms with van der Waals surface area (Å²) in [5.41, 5.74) is 0.361. The Hall–Kier alpha value is -1.34. The van der Waals surface area contributed by atoms with Crippen LogP contribution in [-0.2, 0) is 9.53 Å². The molecule has 4 atom stereocenters. The van der Waals surface area contributed by atoms with Crippen molar-refractivity contribution < 1.29 is 19.4 Å². The molecule has 0 radical (unpaired) electrons. The van der Waals surface area contributed by atoms with Gasteiger partial charge in [-0.05, 0) is 75.2 Å². The Balaban J connectivity index is 1.43. The fourth-order valence-corrected chi connectivity index (χ4v) is 5.33. The molecule has 0 bridgehead atoms. The summed E-state index contributed by atoms with van der Waals surface area (Å²) < 4.78 is 11.9. The lowest BCUT2D eigenvalue weighted by Gasteiger charge is -2.37. The van der Waals surface area contributed by atoms with Crippen molar-refractivity contribution in [3.8, 4) is 5.75 Å². The molecule has 6 nitrogen and oxygen atoms in total. The quantitative estimate of drug-likeness (QED) is 0.779. The highest BCUT2D eigenvalue weighted by Gasteiger charge is 2.49. The SMILES string of the molecule is COC1(C(=O)N2C[C@H]3C[C@@H](Oc4cc(C)ccc4Cl)[C@H](O)C[C@H]3C2)CCNCC1. The first kappa shape index (κ1) is 20.9. The van der Waals surface area contributed by atoms with Crippen LogP contribution in [0.15, 0.2) is 18.2 Å². The number of rotatable bonds is 4. The maximum atomic E-state index is 13.3. The number of benzene rings is 1. The number of hydrogen-bond acceptors (Lipinski definition) is 5. The molecule has 1 aromatic rings. The van der Waals surface area contributed by atoms with Crippen molar-refractivity contribution in [3.05, 3.63) is 28.8 Å². The average Bonchev–Trinajstić information content (AvgIpc) is 3.13. The van der Waals surface area contributed by atoms with E-state index < -0.39 is 11.7 Å². The second kappa shape index (κ2) is 8.42. The Morgan fingerprint density at radius 2 is 1.93 bits per heavy atom. The molecule has 1 aromatic carbocycles. The zero-order chi connectivity index (χ0) is 20.6. The van der Waals surface area contributed by atoms with E-state index in [2.05, 4.69) is 5.32 Å². The Bertz CT molecular complexity index is 752. The van der Waals surface area contributed by atoms with Crippen LogP contribution in [0.5, 0.6) is 5.75 Å². The normalized spacial score (nSPS) is 31.4. The molecular formula is C22H31ClN2O4. The molecule has 160 valence electrons. The Morgan fingerprint density at radius 3 is 2.62 bits per heavy atom. The summed E-state index contributed by atoms with van der Waals surface area (Å²) in [7, 11) is 1.64. The number of carbonyl (C=O) groups is 1. The highest BCUT2D eigenvalue weighted by atomic mass is 35.5. The summed E-state index contributed by atoms with van der Waals surface area (Å²) in [6, 6.07) is 5.67. The van der Waals surface area contributed by atoms with Gasteiger partial charge in [-0.15, -0.1) is 0 Å². The van der Waals surface area contributed by atoms with E-state index >= 15 is 0 Å². The van der Waals surface area contributed by atoms with E-state index in [9.17, 15) is 9.90 Å². The number of methoxy groups -OCH3 is 1. The summed E-state index contributed by atoms with van der Waals surface area (Å²) in [6.45, 7) is 4.98. The van der Waals surface area contributed by atoms with Gasteiger partial charge in [0.2, 0.25) is 0 Å². The van der Waals surface area contributed by atoms with Gasteiger partial charge in [0.15, 0.2) is 0 Å². The molecule has 2 heterocycles. The predicted octanol–water partition coefficient (Wildman–Crippen LogP) is 2.39. The first-order valence-electron chi connectivity index (χ1n) is 10.6. The van der Waals surface area contributed by atoms with E-state index in [1.54, 1.807) is 7.11 Å². The van der Waals surface area contributed by atoms with Gasteiger partial charge in [-0.25, -0.2) is 0 Å². The maximum Gasteiger partial charge on any atom is 0.254 e. The van der Waals surface area contributed by atoms with Crippen LogP contribution in [0.3, 0.4) is 0 Å². The molecule has 7 heteroatoms. The molecule has 3 fully saturated rings. The molecule has 3 aliphatic rings. The average molecular weight is 423 g/mol. The Morgan fingerprint density at radius 1 is 1.24 bits per heavy atom. The number of aryl methyl sites for hydroxylation is 1. The molecule has 0 aromatic heterocycles. The van der Waals surface area contributed by atoms with Gasteiger partial charge in [-0.1, -0.05) is 17.7 Å². The number of piperidine rings is 1. The van der Waals surface area contributed by atoms with Crippen molar-refractivity contribution in [3.63, 3.8) is 0 Å². The lowest BCUT2D eigenvalue weighted by Crippen LogP contribution is -2.55. The van der Waals surface area contributed by atoms with E-state index in [4.69, 9.17) is 21.1 Å². The third-order valence-corrected chi connectivity index (χ3v) is 7.24. The zero-order valence-electron chi connectivity index (χ0n) is 17.2. The number of halogens is 1. The van der Waals surface area contributed by atoms with Crippen LogP contribution in [0.25, 0.3) is 0 Å². The molecule has 2 saturated heterocycles. The van der Waals surface area contributed by atoms with Crippen LogP contribution >= 0.6 is 11.6 Å². The molecule has 2 aliphatic heterocycles. The molecular weight excluding hydrogens is 392 g/mol. The first-order valence-corrected chi connectivity index (χ1v) is 11.0. The lowest BCUT2D eigenvalue weighted by atomic mass is 9.78. The van der Waals surface area contributed by atoms with Crippen molar-refractivity contribution in [1.82, 2.24) is 10.2 Å². The second-order valence-electron chi connectivity index (χ2n) is 8.81. The van der Waals surface area contributed by atoms with E-state index in [0.717, 1.165) is 25.1 Å². The first-order chi connectivity index (χ1) is 13.9. The van der Waals surface area contributed by atoms with E-state index in [1.807, 2.05) is 30.0 Å². The molecule has 0 spiro atoms. The predicted molar refractivity (Wildman–Crippen MR) is 111 cm³/mol. The number of carbonyl (C=O) groups excluding carboxylic acids is 1. The van der Waals surface area contributed by atoms with Gasteiger partial charge in [0.25, 0.3) is 5.91 Å². The van der Waals surface area contributed by atoms with Crippen molar-refractivity contribution >= 4 is 17.5 Å². The van der Waals surface area contributed by atoms with E-state index in [-0.39, 0.29) is 12.0 Å². The fraction of sp³-hybridized carbons (Fsp3) is 0.682. The minimum Gasteiger partial charge on any atom is -0.486 e. The number of nitrogens with one attached hydrogen (secondary N) is 1. The molecule has 2 N–H and O–H groups in total. The van der Waals surface area contributed by atoms with Gasteiger partial charge in [-0.2, -0.15) is 0 Å². The minimum atomic E-state index is -0.706. The molecule has 1 amide bonds. The van der Waals surface area contributed by atoms with Crippen LogP contribution in [0.4, 0.5) is 0 Å². The number of ether oxygens (including phenoxy) is 2. The van der Waals surface area contributed by atoms with Crippen LogP contribution in [0.2, 0.25) is 5.02 Å². The largest absolute Gasteiger partial charge is 0.486 e. The van der Waals surface area contributed by atoms with Gasteiger partial charge in [0, 0.05) is 20.2 Å². The van der Waals surface area contributed by atoms with E-state index in [0.29, 0.717) is 55.0 Å². The zero-order valence-corrected chi connectivity index (χ0v) is 18.0. The molecule has 0 unspecified atom stereocenters. The monoisotopic (exact) mass is 422 g/mol. The second-order valence-corrected chi connectivity index (χ2v) is 9.21. The van der Waals surface area contributed by atoms with Crippen molar-refractivity contribution in [2.75, 3.05) is 33.3 Å². The van der Waals surface area contributed by atoms with Crippen LogP contribution in [0, 0.1) is 18.8 Å². The van der Waals surface area contributed by atoms with Gasteiger partial charge in [0.05, 0.1) is 11.1 Å². The Labute approximate surface area is 177 Å². The third kappa shape index (κ3) is 4.13. The van der Waals surface area contributed by atoms with Gasteiger partial charge in [-0.3, -0.25) is 4.79 Å². The maximum absolute atomic E-state index is 13.3. The Kier molecular flexibility index (Phi) is 6.07. The summed E-state index contributed by atoms with van der Waals surface area (Å²) in [5, 5.41) is 14.6. The standard InChI is InChI=1S/C22H31ClN2O4/c1-14-3-4-17(23)19(9-14)29-20-11-16-13-25(12-15(16)10-18(20)26)21(27)22(28-2)5-7-24-8-6-22/h3-4,9,15-16,18,20,24,26H,5-8,10-13H2,1-2H3/t15-,16+,18+,20+/m0/s1. The smallest absolute Gasteiger partial charge is 0.254 e. The highest BCUT2D eigenvalue weighted by Crippen LogP contribution is 2.40. The van der Waals surface area contributed by atoms with Crippen molar-refractivity contribution in [1.29, 1.82) is 0 Å². The van der Waals surface area contributed by atoms with Crippen LogP contribution in [0.1, 0.15) is 31.2 Å². The van der Waals surface area contributed by atoms with Crippen molar-refractivity contribution in [2.24, 2.45) is 11.8 Å². The summed E-state index contributed by atoms with van der Waals surface area (Å²) in [6.07, 6.45) is 1.91. The van der Waals surface area contributed by atoms with Gasteiger partial charge < -0.3 is 24.8 Å². The minimum absolute atomic E-state index is 0.101. The van der Waals surface area contributed by atoms with Crippen LogP contribution < -0.4 is 10.1 Å². The summed E-state index contributed by atoms with van der Waals surface area (Å²) in [5.74, 6) is 1.35. The lowest BCUT2D eigenvalue weighted by molar-refractivity contribution is -0.157. The highest BCUT2D eigenvalue weighted by molar-refractivity contribution is 6.32. The number of aliphatic hydroxyl groups is 1. The topological polar surface area (TPSA) is 71.0 Å². The number of hydrogen-bond donors (Lipinski definition) is 2. The fourth-order valence-electron chi connectivity index (χ4n) is 5.17. The molecule has 4 rings (SSSR count). The van der Waals surface area contributed by atoms with E-state index in [1.165, 1.54) is 0 Å². The number of aliphatic hydroxyl groups excluding tert-OH is 1. The summed E-state index contributed by atoms with van der Waals surface area (Å²) in [4.78, 5) is 15.3. The molecule has 1 saturated carbocycles. The number of nitrogens with zero attached hydrogens (tertiary/aromatic N) is 1. The van der Waals surface area contributed by atoms with Gasteiger partial charge in [0.1, 0.15) is 17.5 Å². The van der Waals surface area contributed by atoms with Gasteiger partial charge >= 0.3 is 0 Å². The number of likely N-dealkylation sites (tertiary alicyclic amines) is 1. The number of amides is 1.